The van der Waals surface area contributed by atoms with Crippen LogP contribution in [-0.4, -0.2) is 29.3 Å². The zero-order chi connectivity index (χ0) is 15.3. The van der Waals surface area contributed by atoms with E-state index in [0.29, 0.717) is 18.1 Å². The van der Waals surface area contributed by atoms with Crippen LogP contribution < -0.4 is 11.1 Å². The van der Waals surface area contributed by atoms with Gasteiger partial charge in [0.05, 0.1) is 0 Å². The van der Waals surface area contributed by atoms with Crippen molar-refractivity contribution in [1.29, 1.82) is 0 Å². The molecule has 0 saturated heterocycles. The van der Waals surface area contributed by atoms with Crippen molar-refractivity contribution in [3.63, 3.8) is 0 Å². The first-order valence-electron chi connectivity index (χ1n) is 6.52. The number of amides is 1. The molecule has 0 saturated carbocycles. The van der Waals surface area contributed by atoms with Crippen molar-refractivity contribution >= 4 is 17.7 Å². The molecule has 0 spiro atoms. The van der Waals surface area contributed by atoms with Gasteiger partial charge in [-0.15, -0.1) is 0 Å². The third kappa shape index (κ3) is 5.75. The van der Waals surface area contributed by atoms with Crippen molar-refractivity contribution in [2.75, 3.05) is 6.54 Å². The van der Waals surface area contributed by atoms with Crippen LogP contribution >= 0.6 is 11.6 Å². The number of ether oxygens (including phenoxy) is 1. The van der Waals surface area contributed by atoms with Gasteiger partial charge in [0.2, 0.25) is 0 Å². The molecule has 0 radical (unpaired) electrons. The molecule has 1 aromatic heterocycles. The summed E-state index contributed by atoms with van der Waals surface area (Å²) in [5.41, 5.74) is 7.03. The van der Waals surface area contributed by atoms with Crippen molar-refractivity contribution in [3.8, 4) is 0 Å². The quantitative estimate of drug-likeness (QED) is 0.837. The number of carbonyl (C=O) groups is 1. The Balaban J connectivity index is 2.63. The fourth-order valence-corrected chi connectivity index (χ4v) is 1.78. The fraction of sp³-hybridized carbons (Fsp3) is 0.571. The van der Waals surface area contributed by atoms with Gasteiger partial charge >= 0.3 is 6.09 Å². The number of nitrogens with zero attached hydrogens (tertiary/aromatic N) is 1. The topological polar surface area (TPSA) is 77.2 Å². The Morgan fingerprint density at radius 2 is 2.20 bits per heavy atom. The van der Waals surface area contributed by atoms with E-state index in [-0.39, 0.29) is 6.04 Å². The minimum atomic E-state index is -0.526. The number of hydrogen-bond donors (Lipinski definition) is 2. The maximum absolute atomic E-state index is 11.7. The van der Waals surface area contributed by atoms with E-state index in [1.54, 1.807) is 6.20 Å². The molecule has 1 rings (SSSR count). The van der Waals surface area contributed by atoms with E-state index in [1.807, 2.05) is 33.8 Å². The molecule has 1 unspecified atom stereocenters. The molecule has 1 atom stereocenters. The molecule has 112 valence electrons. The molecule has 0 aromatic carbocycles. The van der Waals surface area contributed by atoms with Gasteiger partial charge in [-0.05, 0) is 45.2 Å². The van der Waals surface area contributed by atoms with Crippen molar-refractivity contribution in [2.45, 2.75) is 45.8 Å². The number of alkyl carbamates (subject to hydrolysis) is 1. The lowest BCUT2D eigenvalue weighted by Gasteiger charge is -2.23. The van der Waals surface area contributed by atoms with Gasteiger partial charge in [-0.1, -0.05) is 17.7 Å². The zero-order valence-corrected chi connectivity index (χ0v) is 13.1. The monoisotopic (exact) mass is 299 g/mol. The molecule has 1 heterocycles. The summed E-state index contributed by atoms with van der Waals surface area (Å²) in [5, 5.41) is 3.24. The molecule has 5 nitrogen and oxygen atoms in total. The SMILES string of the molecule is Cc1cc(CC(CN)NC(=O)OC(C)(C)C)cnc1Cl. The van der Waals surface area contributed by atoms with Gasteiger partial charge in [0.15, 0.2) is 0 Å². The number of aryl methyl sites for hydroxylation is 1. The van der Waals surface area contributed by atoms with Crippen molar-refractivity contribution < 1.29 is 9.53 Å². The molecule has 1 aromatic rings. The predicted octanol–water partition coefficient (Wildman–Crippen LogP) is 2.44. The normalized spacial score (nSPS) is 12.9. The van der Waals surface area contributed by atoms with E-state index in [1.165, 1.54) is 0 Å². The number of carbonyl (C=O) groups excluding carboxylic acids is 1. The summed E-state index contributed by atoms with van der Waals surface area (Å²) in [6.45, 7) is 7.65. The highest BCUT2D eigenvalue weighted by Gasteiger charge is 2.19. The Morgan fingerprint density at radius 3 is 2.70 bits per heavy atom. The molecule has 0 aliphatic carbocycles. The van der Waals surface area contributed by atoms with E-state index in [0.717, 1.165) is 11.1 Å². The molecule has 1 amide bonds. The molecular weight excluding hydrogens is 278 g/mol. The maximum atomic E-state index is 11.7. The number of hydrogen-bond acceptors (Lipinski definition) is 4. The third-order valence-electron chi connectivity index (χ3n) is 2.56. The van der Waals surface area contributed by atoms with E-state index >= 15 is 0 Å². The van der Waals surface area contributed by atoms with Gasteiger partial charge < -0.3 is 15.8 Å². The minimum absolute atomic E-state index is 0.202. The second-order valence-corrected chi connectivity index (χ2v) is 6.09. The lowest BCUT2D eigenvalue weighted by Crippen LogP contribution is -2.44. The maximum Gasteiger partial charge on any atom is 0.407 e. The lowest BCUT2D eigenvalue weighted by molar-refractivity contribution is 0.0506. The van der Waals surface area contributed by atoms with E-state index < -0.39 is 11.7 Å². The molecule has 6 heteroatoms. The van der Waals surface area contributed by atoms with Gasteiger partial charge in [0.25, 0.3) is 0 Å². The summed E-state index contributed by atoms with van der Waals surface area (Å²) in [6, 6.07) is 1.74. The van der Waals surface area contributed by atoms with Gasteiger partial charge in [-0.3, -0.25) is 0 Å². The molecule has 20 heavy (non-hydrogen) atoms. The summed E-state index contributed by atoms with van der Waals surface area (Å²) in [5.74, 6) is 0. The number of aromatic nitrogens is 1. The molecular formula is C14H22ClN3O2. The van der Waals surface area contributed by atoms with Gasteiger partial charge in [-0.25, -0.2) is 9.78 Å². The molecule has 0 aliphatic rings. The Hall–Kier alpha value is -1.33. The third-order valence-corrected chi connectivity index (χ3v) is 2.95. The predicted molar refractivity (Wildman–Crippen MR) is 79.9 cm³/mol. The zero-order valence-electron chi connectivity index (χ0n) is 12.4. The highest BCUT2D eigenvalue weighted by Crippen LogP contribution is 2.14. The first kappa shape index (κ1) is 16.7. The number of nitrogens with one attached hydrogen (secondary N) is 1. The van der Waals surface area contributed by atoms with E-state index in [2.05, 4.69) is 10.3 Å². The summed E-state index contributed by atoms with van der Waals surface area (Å²) < 4.78 is 5.21. The van der Waals surface area contributed by atoms with Crippen LogP contribution in [-0.2, 0) is 11.2 Å². The largest absolute Gasteiger partial charge is 0.444 e. The number of halogens is 1. The smallest absolute Gasteiger partial charge is 0.407 e. The molecule has 3 N–H and O–H groups in total. The number of nitrogens with two attached hydrogens (primary N) is 1. The van der Waals surface area contributed by atoms with Gasteiger partial charge in [0.1, 0.15) is 10.8 Å². The second-order valence-electron chi connectivity index (χ2n) is 5.73. The van der Waals surface area contributed by atoms with E-state index in [9.17, 15) is 4.79 Å². The van der Waals surface area contributed by atoms with Crippen LogP contribution in [0.25, 0.3) is 0 Å². The van der Waals surface area contributed by atoms with Crippen LogP contribution in [0.2, 0.25) is 5.15 Å². The average Bonchev–Trinajstić information content (AvgIpc) is 2.30. The fourth-order valence-electron chi connectivity index (χ4n) is 1.68. The number of pyridine rings is 1. The molecule has 0 aliphatic heterocycles. The lowest BCUT2D eigenvalue weighted by atomic mass is 10.1. The Morgan fingerprint density at radius 1 is 1.55 bits per heavy atom. The van der Waals surface area contributed by atoms with Crippen LogP contribution in [0.1, 0.15) is 31.9 Å². The standard InChI is InChI=1S/C14H22ClN3O2/c1-9-5-10(8-17-12(9)15)6-11(7-16)18-13(19)20-14(2,3)4/h5,8,11H,6-7,16H2,1-4H3,(H,18,19). The second kappa shape index (κ2) is 6.90. The van der Waals surface area contributed by atoms with Crippen LogP contribution in [0.4, 0.5) is 4.79 Å². The Bertz CT molecular complexity index is 472. The Kier molecular flexibility index (Phi) is 5.77. The van der Waals surface area contributed by atoms with Crippen molar-refractivity contribution in [3.05, 3.63) is 28.5 Å². The highest BCUT2D eigenvalue weighted by atomic mass is 35.5. The summed E-state index contributed by atoms with van der Waals surface area (Å²) in [7, 11) is 0. The van der Waals surface area contributed by atoms with E-state index in [4.69, 9.17) is 22.1 Å². The molecule has 0 fully saturated rings. The van der Waals surface area contributed by atoms with Gasteiger partial charge in [-0.2, -0.15) is 0 Å². The summed E-state index contributed by atoms with van der Waals surface area (Å²) >= 11 is 5.88. The average molecular weight is 300 g/mol. The minimum Gasteiger partial charge on any atom is -0.444 e. The van der Waals surface area contributed by atoms with Crippen LogP contribution in [0, 0.1) is 6.92 Å². The molecule has 0 bridgehead atoms. The highest BCUT2D eigenvalue weighted by molar-refractivity contribution is 6.30. The summed E-state index contributed by atoms with van der Waals surface area (Å²) in [4.78, 5) is 15.8. The number of rotatable bonds is 4. The first-order valence-corrected chi connectivity index (χ1v) is 6.89. The van der Waals surface area contributed by atoms with Gasteiger partial charge in [0, 0.05) is 18.8 Å². The van der Waals surface area contributed by atoms with Crippen LogP contribution in [0.5, 0.6) is 0 Å². The first-order chi connectivity index (χ1) is 9.21. The van der Waals surface area contributed by atoms with Crippen molar-refractivity contribution in [1.82, 2.24) is 10.3 Å². The van der Waals surface area contributed by atoms with Crippen LogP contribution in [0.15, 0.2) is 12.3 Å². The van der Waals surface area contributed by atoms with Crippen molar-refractivity contribution in [2.24, 2.45) is 5.73 Å². The van der Waals surface area contributed by atoms with Crippen LogP contribution in [0.3, 0.4) is 0 Å². The summed E-state index contributed by atoms with van der Waals surface area (Å²) in [6.07, 6.45) is 1.81. The Labute approximate surface area is 124 Å².